The van der Waals surface area contributed by atoms with Crippen molar-refractivity contribution in [3.63, 3.8) is 0 Å². The molecule has 1 amide bonds. The van der Waals surface area contributed by atoms with Gasteiger partial charge in [0.1, 0.15) is 0 Å². The minimum atomic E-state index is -3.45. The Labute approximate surface area is 133 Å². The Hall–Kier alpha value is -1.44. The second-order valence-corrected chi connectivity index (χ2v) is 7.66. The number of sulfonamides is 1. The Kier molecular flexibility index (Phi) is 6.99. The van der Waals surface area contributed by atoms with E-state index in [0.717, 1.165) is 17.4 Å². The van der Waals surface area contributed by atoms with Crippen LogP contribution in [0.1, 0.15) is 11.1 Å². The van der Waals surface area contributed by atoms with E-state index in [-0.39, 0.29) is 19.0 Å². The van der Waals surface area contributed by atoms with Crippen molar-refractivity contribution in [2.75, 3.05) is 40.0 Å². The standard InChI is InChI=1S/C15H25N3O3S/c1-13-6-5-7-14(10-13)11-18(22(4,20)21)12-15(19)16-8-9-17(2)3/h5-7,10H,8-9,11-12H2,1-4H3,(H,16,19). The Morgan fingerprint density at radius 3 is 2.50 bits per heavy atom. The highest BCUT2D eigenvalue weighted by atomic mass is 32.2. The fourth-order valence-corrected chi connectivity index (χ4v) is 2.67. The molecule has 0 bridgehead atoms. The number of carbonyl (C=O) groups is 1. The van der Waals surface area contributed by atoms with E-state index >= 15 is 0 Å². The molecule has 0 atom stereocenters. The second-order valence-electron chi connectivity index (χ2n) is 5.67. The van der Waals surface area contributed by atoms with Gasteiger partial charge in [0.15, 0.2) is 0 Å². The summed E-state index contributed by atoms with van der Waals surface area (Å²) >= 11 is 0. The highest BCUT2D eigenvalue weighted by Gasteiger charge is 2.20. The van der Waals surface area contributed by atoms with Gasteiger partial charge in [0, 0.05) is 19.6 Å². The van der Waals surface area contributed by atoms with Gasteiger partial charge in [-0.05, 0) is 26.6 Å². The quantitative estimate of drug-likeness (QED) is 0.752. The van der Waals surface area contributed by atoms with Gasteiger partial charge in [-0.1, -0.05) is 29.8 Å². The van der Waals surface area contributed by atoms with Crippen molar-refractivity contribution < 1.29 is 13.2 Å². The summed E-state index contributed by atoms with van der Waals surface area (Å²) in [6.45, 7) is 3.18. The molecule has 0 aliphatic carbocycles. The zero-order valence-electron chi connectivity index (χ0n) is 13.7. The van der Waals surface area contributed by atoms with Crippen LogP contribution in [0.3, 0.4) is 0 Å². The largest absolute Gasteiger partial charge is 0.354 e. The fourth-order valence-electron chi connectivity index (χ4n) is 1.94. The first-order valence-corrected chi connectivity index (χ1v) is 8.95. The van der Waals surface area contributed by atoms with Gasteiger partial charge >= 0.3 is 0 Å². The van der Waals surface area contributed by atoms with Gasteiger partial charge in [-0.2, -0.15) is 4.31 Å². The van der Waals surface area contributed by atoms with Crippen molar-refractivity contribution in [3.05, 3.63) is 35.4 Å². The smallest absolute Gasteiger partial charge is 0.235 e. The lowest BCUT2D eigenvalue weighted by Gasteiger charge is -2.20. The van der Waals surface area contributed by atoms with Crippen molar-refractivity contribution in [1.29, 1.82) is 0 Å². The Morgan fingerprint density at radius 1 is 1.27 bits per heavy atom. The number of hydrogen-bond acceptors (Lipinski definition) is 4. The molecule has 0 aliphatic heterocycles. The number of likely N-dealkylation sites (N-methyl/N-ethyl adjacent to an activating group) is 1. The normalized spacial score (nSPS) is 11.9. The average molecular weight is 327 g/mol. The molecule has 22 heavy (non-hydrogen) atoms. The van der Waals surface area contributed by atoms with Crippen LogP contribution in [0.25, 0.3) is 0 Å². The monoisotopic (exact) mass is 327 g/mol. The summed E-state index contributed by atoms with van der Waals surface area (Å²) < 4.78 is 24.9. The molecule has 124 valence electrons. The summed E-state index contributed by atoms with van der Waals surface area (Å²) in [5.74, 6) is -0.292. The van der Waals surface area contributed by atoms with Crippen molar-refractivity contribution in [1.82, 2.24) is 14.5 Å². The number of nitrogens with zero attached hydrogens (tertiary/aromatic N) is 2. The van der Waals surface area contributed by atoms with Crippen molar-refractivity contribution in [2.24, 2.45) is 0 Å². The van der Waals surface area contributed by atoms with E-state index in [0.29, 0.717) is 13.1 Å². The lowest BCUT2D eigenvalue weighted by Crippen LogP contribution is -2.41. The molecule has 0 fully saturated rings. The first-order valence-electron chi connectivity index (χ1n) is 7.10. The molecule has 1 aromatic carbocycles. The summed E-state index contributed by atoms with van der Waals surface area (Å²) in [6, 6.07) is 7.60. The number of carbonyl (C=O) groups excluding carboxylic acids is 1. The molecular weight excluding hydrogens is 302 g/mol. The SMILES string of the molecule is Cc1cccc(CN(CC(=O)NCCN(C)C)S(C)(=O)=O)c1. The van der Waals surface area contributed by atoms with E-state index in [1.807, 2.05) is 50.2 Å². The lowest BCUT2D eigenvalue weighted by atomic mass is 10.1. The molecule has 0 aromatic heterocycles. The third-order valence-corrected chi connectivity index (χ3v) is 4.31. The Balaban J connectivity index is 2.68. The zero-order valence-corrected chi connectivity index (χ0v) is 14.5. The summed E-state index contributed by atoms with van der Waals surface area (Å²) in [5.41, 5.74) is 1.92. The first-order chi connectivity index (χ1) is 10.2. The zero-order chi connectivity index (χ0) is 16.8. The Bertz CT molecular complexity index is 600. The summed E-state index contributed by atoms with van der Waals surface area (Å²) in [5, 5.41) is 2.73. The molecule has 6 nitrogen and oxygen atoms in total. The van der Waals surface area contributed by atoms with Crippen LogP contribution in [0.5, 0.6) is 0 Å². The minimum Gasteiger partial charge on any atom is -0.354 e. The lowest BCUT2D eigenvalue weighted by molar-refractivity contribution is -0.121. The number of benzene rings is 1. The molecule has 1 rings (SSSR count). The van der Waals surface area contributed by atoms with Gasteiger partial charge in [-0.3, -0.25) is 4.79 Å². The third kappa shape index (κ3) is 7.02. The maximum atomic E-state index is 11.9. The molecule has 1 aromatic rings. The van der Waals surface area contributed by atoms with Crippen molar-refractivity contribution in [2.45, 2.75) is 13.5 Å². The molecule has 0 radical (unpaired) electrons. The summed E-state index contributed by atoms with van der Waals surface area (Å²) in [7, 11) is 0.369. The van der Waals surface area contributed by atoms with Gasteiger partial charge in [0.2, 0.25) is 15.9 Å². The number of amides is 1. The molecule has 0 unspecified atom stereocenters. The maximum absolute atomic E-state index is 11.9. The average Bonchev–Trinajstić information content (AvgIpc) is 2.36. The van der Waals surface area contributed by atoms with Crippen molar-refractivity contribution >= 4 is 15.9 Å². The van der Waals surface area contributed by atoms with Crippen LogP contribution >= 0.6 is 0 Å². The van der Waals surface area contributed by atoms with E-state index in [4.69, 9.17) is 0 Å². The van der Waals surface area contributed by atoms with Crippen LogP contribution in [-0.2, 0) is 21.4 Å². The predicted molar refractivity (Wildman–Crippen MR) is 88.0 cm³/mol. The number of aryl methyl sites for hydroxylation is 1. The van der Waals surface area contributed by atoms with Crippen LogP contribution in [0, 0.1) is 6.92 Å². The fraction of sp³-hybridized carbons (Fsp3) is 0.533. The van der Waals surface area contributed by atoms with E-state index in [1.54, 1.807) is 0 Å². The van der Waals surface area contributed by atoms with Gasteiger partial charge in [0.05, 0.1) is 12.8 Å². The van der Waals surface area contributed by atoms with Gasteiger partial charge in [0.25, 0.3) is 0 Å². The number of rotatable bonds is 8. The van der Waals surface area contributed by atoms with E-state index < -0.39 is 10.0 Å². The van der Waals surface area contributed by atoms with Gasteiger partial charge in [-0.15, -0.1) is 0 Å². The number of nitrogens with one attached hydrogen (secondary N) is 1. The predicted octanol–water partition coefficient (Wildman–Crippen LogP) is 0.434. The minimum absolute atomic E-state index is 0.166. The van der Waals surface area contributed by atoms with Crippen LogP contribution in [0.15, 0.2) is 24.3 Å². The molecule has 0 spiro atoms. The van der Waals surface area contributed by atoms with Gasteiger partial charge in [-0.25, -0.2) is 8.42 Å². The second kappa shape index (κ2) is 8.26. The van der Waals surface area contributed by atoms with Crippen LogP contribution < -0.4 is 5.32 Å². The molecule has 0 saturated heterocycles. The third-order valence-electron chi connectivity index (χ3n) is 3.11. The number of hydrogen-bond donors (Lipinski definition) is 1. The van der Waals surface area contributed by atoms with E-state index in [2.05, 4.69) is 5.32 Å². The molecule has 0 heterocycles. The van der Waals surface area contributed by atoms with Crippen LogP contribution in [-0.4, -0.2) is 63.5 Å². The first kappa shape index (κ1) is 18.6. The highest BCUT2D eigenvalue weighted by molar-refractivity contribution is 7.88. The van der Waals surface area contributed by atoms with E-state index in [9.17, 15) is 13.2 Å². The van der Waals surface area contributed by atoms with Crippen LogP contribution in [0.2, 0.25) is 0 Å². The topological polar surface area (TPSA) is 69.7 Å². The van der Waals surface area contributed by atoms with Gasteiger partial charge < -0.3 is 10.2 Å². The molecule has 0 saturated carbocycles. The maximum Gasteiger partial charge on any atom is 0.235 e. The molecule has 1 N–H and O–H groups in total. The van der Waals surface area contributed by atoms with Crippen LogP contribution in [0.4, 0.5) is 0 Å². The molecular formula is C15H25N3O3S. The molecule has 7 heteroatoms. The highest BCUT2D eigenvalue weighted by Crippen LogP contribution is 2.10. The summed E-state index contributed by atoms with van der Waals surface area (Å²) in [4.78, 5) is 13.8. The van der Waals surface area contributed by atoms with E-state index in [1.165, 1.54) is 4.31 Å². The summed E-state index contributed by atoms with van der Waals surface area (Å²) in [6.07, 6.45) is 1.12. The van der Waals surface area contributed by atoms with Crippen molar-refractivity contribution in [3.8, 4) is 0 Å². The Morgan fingerprint density at radius 2 is 1.95 bits per heavy atom. The molecule has 0 aliphatic rings.